The fourth-order valence-corrected chi connectivity index (χ4v) is 1.50. The minimum atomic E-state index is 0.502. The average molecular weight is 237 g/mol. The Kier molecular flexibility index (Phi) is 5.67. The summed E-state index contributed by atoms with van der Waals surface area (Å²) >= 11 is 0. The van der Waals surface area contributed by atoms with Gasteiger partial charge in [-0.05, 0) is 13.8 Å². The maximum absolute atomic E-state index is 8.61. The zero-order valence-electron chi connectivity index (χ0n) is 10.7. The number of oxazole rings is 1. The van der Waals surface area contributed by atoms with Gasteiger partial charge in [0.15, 0.2) is 0 Å². The average Bonchev–Trinajstić information content (AvgIpc) is 2.62. The van der Waals surface area contributed by atoms with E-state index in [0.717, 1.165) is 18.0 Å². The van der Waals surface area contributed by atoms with E-state index in [-0.39, 0.29) is 0 Å². The van der Waals surface area contributed by atoms with Crippen LogP contribution in [0.25, 0.3) is 0 Å². The third-order valence-electron chi connectivity index (χ3n) is 2.58. The largest absolute Gasteiger partial charge is 0.444 e. The van der Waals surface area contributed by atoms with Crippen LogP contribution in [0, 0.1) is 25.2 Å². The molecule has 1 aromatic rings. The SMILES string of the molecule is COCCN(CCC#N)Cc1nc(C)c(C)o1. The molecule has 5 nitrogen and oxygen atoms in total. The molecule has 0 saturated carbocycles. The molecule has 0 spiro atoms. The third-order valence-corrected chi connectivity index (χ3v) is 2.58. The summed E-state index contributed by atoms with van der Waals surface area (Å²) in [4.78, 5) is 6.44. The van der Waals surface area contributed by atoms with E-state index in [9.17, 15) is 0 Å². The fraction of sp³-hybridized carbons (Fsp3) is 0.667. The Hall–Kier alpha value is -1.38. The Morgan fingerprint density at radius 2 is 2.18 bits per heavy atom. The van der Waals surface area contributed by atoms with Gasteiger partial charge >= 0.3 is 0 Å². The molecule has 0 atom stereocenters. The molecule has 0 radical (unpaired) electrons. The van der Waals surface area contributed by atoms with Crippen molar-refractivity contribution in [1.29, 1.82) is 5.26 Å². The molecule has 0 N–H and O–H groups in total. The van der Waals surface area contributed by atoms with E-state index in [4.69, 9.17) is 14.4 Å². The zero-order valence-corrected chi connectivity index (χ0v) is 10.7. The summed E-state index contributed by atoms with van der Waals surface area (Å²) in [6, 6.07) is 2.14. The lowest BCUT2D eigenvalue weighted by atomic mass is 10.4. The van der Waals surface area contributed by atoms with Gasteiger partial charge in [-0.2, -0.15) is 5.26 Å². The number of methoxy groups -OCH3 is 1. The van der Waals surface area contributed by atoms with E-state index in [1.807, 2.05) is 13.8 Å². The number of aromatic nitrogens is 1. The highest BCUT2D eigenvalue weighted by atomic mass is 16.5. The highest BCUT2D eigenvalue weighted by Gasteiger charge is 2.11. The lowest BCUT2D eigenvalue weighted by molar-refractivity contribution is 0.139. The van der Waals surface area contributed by atoms with Gasteiger partial charge in [-0.25, -0.2) is 4.98 Å². The van der Waals surface area contributed by atoms with Crippen LogP contribution < -0.4 is 0 Å². The van der Waals surface area contributed by atoms with E-state index in [1.54, 1.807) is 7.11 Å². The van der Waals surface area contributed by atoms with Gasteiger partial charge in [0.25, 0.3) is 0 Å². The second kappa shape index (κ2) is 7.05. The van der Waals surface area contributed by atoms with Gasteiger partial charge < -0.3 is 9.15 Å². The maximum Gasteiger partial charge on any atom is 0.208 e. The van der Waals surface area contributed by atoms with Crippen LogP contribution in [0.15, 0.2) is 4.42 Å². The minimum Gasteiger partial charge on any atom is -0.444 e. The number of hydrogen-bond donors (Lipinski definition) is 0. The first kappa shape index (κ1) is 13.7. The smallest absolute Gasteiger partial charge is 0.208 e. The highest BCUT2D eigenvalue weighted by Crippen LogP contribution is 2.10. The monoisotopic (exact) mass is 237 g/mol. The van der Waals surface area contributed by atoms with E-state index in [2.05, 4.69) is 16.0 Å². The van der Waals surface area contributed by atoms with Crippen LogP contribution in [0.2, 0.25) is 0 Å². The molecule has 1 rings (SSSR count). The summed E-state index contributed by atoms with van der Waals surface area (Å²) in [7, 11) is 1.67. The molecule has 0 aliphatic heterocycles. The van der Waals surface area contributed by atoms with Crippen LogP contribution in [0.5, 0.6) is 0 Å². The van der Waals surface area contributed by atoms with Crippen molar-refractivity contribution in [1.82, 2.24) is 9.88 Å². The molecule has 0 bridgehead atoms. The Morgan fingerprint density at radius 3 is 2.71 bits per heavy atom. The topological polar surface area (TPSA) is 62.3 Å². The summed E-state index contributed by atoms with van der Waals surface area (Å²) in [5.41, 5.74) is 0.923. The highest BCUT2D eigenvalue weighted by molar-refractivity contribution is 5.05. The van der Waals surface area contributed by atoms with Crippen molar-refractivity contribution >= 4 is 0 Å². The molecule has 0 saturated heterocycles. The lowest BCUT2D eigenvalue weighted by Crippen LogP contribution is -2.28. The molecule has 0 fully saturated rings. The van der Waals surface area contributed by atoms with Crippen molar-refractivity contribution in [2.75, 3.05) is 26.8 Å². The Labute approximate surface area is 102 Å². The van der Waals surface area contributed by atoms with E-state index in [0.29, 0.717) is 32.0 Å². The molecular weight excluding hydrogens is 218 g/mol. The molecule has 0 aromatic carbocycles. The quantitative estimate of drug-likeness (QED) is 0.721. The Morgan fingerprint density at radius 1 is 1.41 bits per heavy atom. The van der Waals surface area contributed by atoms with Gasteiger partial charge in [0.2, 0.25) is 5.89 Å². The number of nitrogens with zero attached hydrogens (tertiary/aromatic N) is 3. The summed E-state index contributed by atoms with van der Waals surface area (Å²) in [6.07, 6.45) is 0.502. The molecule has 17 heavy (non-hydrogen) atoms. The van der Waals surface area contributed by atoms with Crippen molar-refractivity contribution < 1.29 is 9.15 Å². The summed E-state index contributed by atoms with van der Waals surface area (Å²) in [5.74, 6) is 1.56. The van der Waals surface area contributed by atoms with Gasteiger partial charge in [-0.15, -0.1) is 0 Å². The summed E-state index contributed by atoms with van der Waals surface area (Å²) < 4.78 is 10.6. The number of aryl methyl sites for hydroxylation is 2. The molecular formula is C12H19N3O2. The first-order valence-electron chi connectivity index (χ1n) is 5.68. The molecule has 5 heteroatoms. The van der Waals surface area contributed by atoms with Crippen LogP contribution in [-0.4, -0.2) is 36.7 Å². The molecule has 1 aromatic heterocycles. The molecule has 0 aliphatic carbocycles. The predicted octanol–water partition coefficient (Wildman–Crippen LogP) is 1.65. The summed E-state index contributed by atoms with van der Waals surface area (Å²) in [6.45, 7) is 6.58. The molecule has 0 amide bonds. The number of hydrogen-bond acceptors (Lipinski definition) is 5. The summed E-state index contributed by atoms with van der Waals surface area (Å²) in [5, 5.41) is 8.61. The molecule has 1 heterocycles. The van der Waals surface area contributed by atoms with E-state index >= 15 is 0 Å². The van der Waals surface area contributed by atoms with Gasteiger partial charge in [0.05, 0.1) is 24.9 Å². The third kappa shape index (κ3) is 4.55. The Balaban J connectivity index is 2.55. The molecule has 0 aliphatic rings. The van der Waals surface area contributed by atoms with Gasteiger partial charge in [-0.1, -0.05) is 0 Å². The second-order valence-corrected chi connectivity index (χ2v) is 3.93. The number of rotatable bonds is 7. The van der Waals surface area contributed by atoms with Crippen LogP contribution in [0.1, 0.15) is 23.8 Å². The second-order valence-electron chi connectivity index (χ2n) is 3.93. The standard InChI is InChI=1S/C12H19N3O2/c1-10-11(2)17-12(14-10)9-15(6-4-5-13)7-8-16-3/h4,6-9H2,1-3H3. The zero-order chi connectivity index (χ0) is 12.7. The van der Waals surface area contributed by atoms with Crippen molar-refractivity contribution in [2.24, 2.45) is 0 Å². The predicted molar refractivity (Wildman–Crippen MR) is 63.4 cm³/mol. The molecule has 0 unspecified atom stereocenters. The van der Waals surface area contributed by atoms with Crippen molar-refractivity contribution in [3.8, 4) is 6.07 Å². The van der Waals surface area contributed by atoms with Gasteiger partial charge in [0, 0.05) is 26.6 Å². The minimum absolute atomic E-state index is 0.502. The van der Waals surface area contributed by atoms with Gasteiger partial charge in [-0.3, -0.25) is 4.90 Å². The molecule has 94 valence electrons. The van der Waals surface area contributed by atoms with Crippen LogP contribution in [0.4, 0.5) is 0 Å². The van der Waals surface area contributed by atoms with E-state index in [1.165, 1.54) is 0 Å². The Bertz CT molecular complexity index is 362. The van der Waals surface area contributed by atoms with E-state index < -0.39 is 0 Å². The van der Waals surface area contributed by atoms with Crippen LogP contribution in [0.3, 0.4) is 0 Å². The normalized spacial score (nSPS) is 10.8. The maximum atomic E-state index is 8.61. The number of ether oxygens (including phenoxy) is 1. The van der Waals surface area contributed by atoms with Crippen molar-refractivity contribution in [2.45, 2.75) is 26.8 Å². The van der Waals surface area contributed by atoms with Crippen molar-refractivity contribution in [3.05, 3.63) is 17.3 Å². The van der Waals surface area contributed by atoms with Gasteiger partial charge in [0.1, 0.15) is 5.76 Å². The van der Waals surface area contributed by atoms with Crippen molar-refractivity contribution in [3.63, 3.8) is 0 Å². The van der Waals surface area contributed by atoms with Crippen LogP contribution >= 0.6 is 0 Å². The van der Waals surface area contributed by atoms with Crippen LogP contribution in [-0.2, 0) is 11.3 Å². The first-order chi connectivity index (χ1) is 8.17. The lowest BCUT2D eigenvalue weighted by Gasteiger charge is -2.18. The first-order valence-corrected chi connectivity index (χ1v) is 5.68. The number of nitriles is 1. The fourth-order valence-electron chi connectivity index (χ4n) is 1.50.